The Morgan fingerprint density at radius 2 is 1.88 bits per heavy atom. The van der Waals surface area contributed by atoms with E-state index in [1.165, 1.54) is 0 Å². The van der Waals surface area contributed by atoms with Crippen molar-refractivity contribution in [2.75, 3.05) is 19.6 Å². The van der Waals surface area contributed by atoms with Crippen LogP contribution in [0.2, 0.25) is 0 Å². The third-order valence-corrected chi connectivity index (χ3v) is 3.56. The van der Waals surface area contributed by atoms with Crippen molar-refractivity contribution in [3.05, 3.63) is 64.4 Å². The molecule has 0 fully saturated rings. The van der Waals surface area contributed by atoms with Crippen molar-refractivity contribution in [2.24, 2.45) is 5.10 Å². The third kappa shape index (κ3) is 3.86. The van der Waals surface area contributed by atoms with Crippen LogP contribution >= 0.6 is 0 Å². The van der Waals surface area contributed by atoms with Crippen molar-refractivity contribution < 1.29 is 9.47 Å². The van der Waals surface area contributed by atoms with Gasteiger partial charge in [-0.1, -0.05) is 30.3 Å². The molecule has 8 nitrogen and oxygen atoms in total. The number of methoxy groups -OCH3 is 2. The van der Waals surface area contributed by atoms with Crippen molar-refractivity contribution in [3.63, 3.8) is 0 Å². The maximum Gasteiger partial charge on any atom is 0.279 e. The fourth-order valence-corrected chi connectivity index (χ4v) is 2.26. The number of rotatable bonds is 6. The monoisotopic (exact) mass is 351 g/mol. The van der Waals surface area contributed by atoms with Gasteiger partial charge in [0.1, 0.15) is 11.5 Å². The molecule has 0 amide bonds. The van der Waals surface area contributed by atoms with E-state index in [2.05, 4.69) is 25.7 Å². The normalized spacial score (nSPS) is 10.7. The largest absolute Gasteiger partial charge is 0.497 e. The summed E-state index contributed by atoms with van der Waals surface area (Å²) >= 11 is 0. The number of hydrogen-bond donors (Lipinski definition) is 2. The standard InChI is InChI=1S/C18H17N5O3/c1-25-14-9-8-13(15(10-14)26-2)11-19-22-18-20-17(24)16(21-23-18)12-6-4-3-5-7-12/h3-11H,1-2H3,(H2,20,22,23,24)/b19-11+. The number of hydrogen-bond acceptors (Lipinski definition) is 7. The highest BCUT2D eigenvalue weighted by Crippen LogP contribution is 2.23. The number of nitrogens with zero attached hydrogens (tertiary/aromatic N) is 3. The van der Waals surface area contributed by atoms with Crippen LogP contribution in [0.1, 0.15) is 5.56 Å². The third-order valence-electron chi connectivity index (χ3n) is 3.56. The quantitative estimate of drug-likeness (QED) is 0.522. The van der Waals surface area contributed by atoms with E-state index in [0.717, 1.165) is 5.56 Å². The molecule has 0 unspecified atom stereocenters. The molecule has 0 atom stereocenters. The van der Waals surface area contributed by atoms with Crippen LogP contribution in [0.3, 0.4) is 0 Å². The van der Waals surface area contributed by atoms with Crippen molar-refractivity contribution >= 4 is 12.2 Å². The van der Waals surface area contributed by atoms with Crippen molar-refractivity contribution in [1.82, 2.24) is 15.2 Å². The van der Waals surface area contributed by atoms with Gasteiger partial charge in [-0.3, -0.25) is 9.78 Å². The number of ether oxygens (including phenoxy) is 2. The molecule has 3 aromatic rings. The highest BCUT2D eigenvalue weighted by Gasteiger charge is 2.07. The minimum Gasteiger partial charge on any atom is -0.497 e. The van der Waals surface area contributed by atoms with Crippen LogP contribution in [-0.4, -0.2) is 35.6 Å². The Balaban J connectivity index is 1.75. The number of nitrogens with one attached hydrogen (secondary N) is 2. The lowest BCUT2D eigenvalue weighted by Gasteiger charge is -2.07. The summed E-state index contributed by atoms with van der Waals surface area (Å²) in [5, 5.41) is 11.9. The average molecular weight is 351 g/mol. The molecule has 2 aromatic carbocycles. The molecule has 0 aliphatic rings. The van der Waals surface area contributed by atoms with Gasteiger partial charge in [0.25, 0.3) is 5.56 Å². The Morgan fingerprint density at radius 1 is 1.08 bits per heavy atom. The van der Waals surface area contributed by atoms with Gasteiger partial charge in [-0.05, 0) is 12.1 Å². The summed E-state index contributed by atoms with van der Waals surface area (Å²) in [5.74, 6) is 1.42. The molecule has 0 aliphatic carbocycles. The first kappa shape index (κ1) is 17.2. The summed E-state index contributed by atoms with van der Waals surface area (Å²) in [6, 6.07) is 14.4. The number of aromatic amines is 1. The van der Waals surface area contributed by atoms with Gasteiger partial charge in [0, 0.05) is 17.2 Å². The van der Waals surface area contributed by atoms with E-state index in [1.54, 1.807) is 50.8 Å². The Hall–Kier alpha value is -3.68. The van der Waals surface area contributed by atoms with Crippen molar-refractivity contribution in [1.29, 1.82) is 0 Å². The fourth-order valence-electron chi connectivity index (χ4n) is 2.26. The highest BCUT2D eigenvalue weighted by molar-refractivity contribution is 5.84. The maximum absolute atomic E-state index is 12.2. The van der Waals surface area contributed by atoms with Gasteiger partial charge in [-0.25, -0.2) is 5.43 Å². The van der Waals surface area contributed by atoms with E-state index in [1.807, 2.05) is 18.2 Å². The number of aromatic nitrogens is 3. The second-order valence-corrected chi connectivity index (χ2v) is 5.20. The lowest BCUT2D eigenvalue weighted by Crippen LogP contribution is -2.15. The van der Waals surface area contributed by atoms with Gasteiger partial charge in [0.15, 0.2) is 5.69 Å². The Bertz CT molecular complexity index is 970. The molecule has 1 aromatic heterocycles. The second-order valence-electron chi connectivity index (χ2n) is 5.20. The first-order valence-corrected chi connectivity index (χ1v) is 7.75. The zero-order valence-electron chi connectivity index (χ0n) is 14.3. The van der Waals surface area contributed by atoms with E-state index < -0.39 is 0 Å². The zero-order valence-corrected chi connectivity index (χ0v) is 14.3. The van der Waals surface area contributed by atoms with Crippen LogP contribution in [0, 0.1) is 0 Å². The minimum atomic E-state index is -0.356. The smallest absolute Gasteiger partial charge is 0.279 e. The second kappa shape index (κ2) is 7.93. The molecule has 2 N–H and O–H groups in total. The molecular formula is C18H17N5O3. The molecule has 0 aliphatic heterocycles. The Labute approximate surface area is 149 Å². The molecule has 3 rings (SSSR count). The van der Waals surface area contributed by atoms with Gasteiger partial charge in [0.05, 0.1) is 20.4 Å². The minimum absolute atomic E-state index is 0.137. The molecule has 0 spiro atoms. The number of hydrazone groups is 1. The summed E-state index contributed by atoms with van der Waals surface area (Å²) in [6.07, 6.45) is 1.55. The zero-order chi connectivity index (χ0) is 18.4. The van der Waals surface area contributed by atoms with E-state index in [4.69, 9.17) is 9.47 Å². The molecule has 1 heterocycles. The SMILES string of the molecule is COc1ccc(/C=N/Nc2nnc(-c3ccccc3)c(=O)[nH]2)c(OC)c1. The topological polar surface area (TPSA) is 101 Å². The molecule has 8 heteroatoms. The maximum atomic E-state index is 12.2. The van der Waals surface area contributed by atoms with Crippen molar-refractivity contribution in [3.8, 4) is 22.8 Å². The van der Waals surface area contributed by atoms with Gasteiger partial charge in [-0.15, -0.1) is 10.2 Å². The van der Waals surface area contributed by atoms with Crippen LogP contribution in [-0.2, 0) is 0 Å². The van der Waals surface area contributed by atoms with Gasteiger partial charge in [0.2, 0.25) is 5.95 Å². The lowest BCUT2D eigenvalue weighted by atomic mass is 10.2. The number of anilines is 1. The van der Waals surface area contributed by atoms with Crippen LogP contribution in [0.25, 0.3) is 11.3 Å². The predicted octanol–water partition coefficient (Wildman–Crippen LogP) is 2.30. The fraction of sp³-hybridized carbons (Fsp3) is 0.111. The molecule has 26 heavy (non-hydrogen) atoms. The van der Waals surface area contributed by atoms with E-state index >= 15 is 0 Å². The highest BCUT2D eigenvalue weighted by atomic mass is 16.5. The van der Waals surface area contributed by atoms with E-state index in [0.29, 0.717) is 17.1 Å². The molecule has 0 bridgehead atoms. The van der Waals surface area contributed by atoms with Crippen LogP contribution < -0.4 is 20.5 Å². The molecular weight excluding hydrogens is 334 g/mol. The summed E-state index contributed by atoms with van der Waals surface area (Å²) in [4.78, 5) is 14.8. The first-order chi connectivity index (χ1) is 12.7. The molecule has 0 radical (unpaired) electrons. The van der Waals surface area contributed by atoms with Crippen LogP contribution in [0.5, 0.6) is 11.5 Å². The lowest BCUT2D eigenvalue weighted by molar-refractivity contribution is 0.394. The van der Waals surface area contributed by atoms with Gasteiger partial charge < -0.3 is 9.47 Å². The Kier molecular flexibility index (Phi) is 5.23. The van der Waals surface area contributed by atoms with Crippen LogP contribution in [0.15, 0.2) is 58.4 Å². The van der Waals surface area contributed by atoms with E-state index in [-0.39, 0.29) is 17.2 Å². The van der Waals surface area contributed by atoms with Crippen molar-refractivity contribution in [2.45, 2.75) is 0 Å². The number of benzene rings is 2. The molecule has 0 saturated heterocycles. The van der Waals surface area contributed by atoms with Gasteiger partial charge >= 0.3 is 0 Å². The summed E-state index contributed by atoms with van der Waals surface area (Å²) in [6.45, 7) is 0. The summed E-state index contributed by atoms with van der Waals surface area (Å²) in [5.41, 5.74) is 3.96. The van der Waals surface area contributed by atoms with Crippen LogP contribution in [0.4, 0.5) is 5.95 Å². The number of H-pyrrole nitrogens is 1. The average Bonchev–Trinajstić information content (AvgIpc) is 2.69. The first-order valence-electron chi connectivity index (χ1n) is 7.75. The molecule has 132 valence electrons. The Morgan fingerprint density at radius 3 is 2.58 bits per heavy atom. The van der Waals surface area contributed by atoms with Gasteiger partial charge in [-0.2, -0.15) is 5.10 Å². The summed E-state index contributed by atoms with van der Waals surface area (Å²) in [7, 11) is 3.14. The van der Waals surface area contributed by atoms with E-state index in [9.17, 15) is 4.79 Å². The molecule has 0 saturated carbocycles. The summed E-state index contributed by atoms with van der Waals surface area (Å²) < 4.78 is 10.4. The predicted molar refractivity (Wildman–Crippen MR) is 98.9 cm³/mol.